The standard InChI is InChI=1S/C18H32O4/c1-8-16(3,4)15(20)22-17(5,6)14-9-11-18(7,12-10-14)21-13(2)19/h14H,8-12H2,1-7H3. The van der Waals surface area contributed by atoms with E-state index in [1.54, 1.807) is 0 Å². The molecule has 0 spiro atoms. The average Bonchev–Trinajstić information content (AvgIpc) is 2.37. The lowest BCUT2D eigenvalue weighted by molar-refractivity contribution is -0.177. The van der Waals surface area contributed by atoms with Crippen molar-refractivity contribution >= 4 is 11.9 Å². The lowest BCUT2D eigenvalue weighted by Gasteiger charge is -2.43. The number of carbonyl (C=O) groups excluding carboxylic acids is 2. The monoisotopic (exact) mass is 312 g/mol. The second-order valence-corrected chi connectivity index (χ2v) is 8.05. The summed E-state index contributed by atoms with van der Waals surface area (Å²) in [4.78, 5) is 23.5. The summed E-state index contributed by atoms with van der Waals surface area (Å²) in [5.74, 6) is -0.0580. The number of rotatable bonds is 5. The van der Waals surface area contributed by atoms with Gasteiger partial charge in [-0.2, -0.15) is 0 Å². The van der Waals surface area contributed by atoms with E-state index in [1.807, 2.05) is 41.5 Å². The Balaban J connectivity index is 2.65. The number of esters is 2. The van der Waals surface area contributed by atoms with Gasteiger partial charge in [-0.3, -0.25) is 9.59 Å². The van der Waals surface area contributed by atoms with Crippen molar-refractivity contribution in [3.63, 3.8) is 0 Å². The summed E-state index contributed by atoms with van der Waals surface area (Å²) >= 11 is 0. The van der Waals surface area contributed by atoms with Crippen molar-refractivity contribution in [1.29, 1.82) is 0 Å². The molecule has 0 radical (unpaired) electrons. The van der Waals surface area contributed by atoms with Gasteiger partial charge in [0.1, 0.15) is 11.2 Å². The van der Waals surface area contributed by atoms with Gasteiger partial charge in [-0.25, -0.2) is 0 Å². The fourth-order valence-electron chi connectivity index (χ4n) is 2.98. The second kappa shape index (κ2) is 6.59. The molecule has 22 heavy (non-hydrogen) atoms. The van der Waals surface area contributed by atoms with Gasteiger partial charge in [-0.15, -0.1) is 0 Å². The van der Waals surface area contributed by atoms with Crippen LogP contribution in [-0.2, 0) is 19.1 Å². The topological polar surface area (TPSA) is 52.6 Å². The molecule has 0 aliphatic heterocycles. The summed E-state index contributed by atoms with van der Waals surface area (Å²) in [6, 6.07) is 0. The van der Waals surface area contributed by atoms with E-state index in [-0.39, 0.29) is 17.5 Å². The van der Waals surface area contributed by atoms with E-state index in [4.69, 9.17) is 9.47 Å². The maximum atomic E-state index is 12.3. The van der Waals surface area contributed by atoms with Crippen molar-refractivity contribution < 1.29 is 19.1 Å². The van der Waals surface area contributed by atoms with Crippen LogP contribution in [0.5, 0.6) is 0 Å². The first-order chi connectivity index (χ1) is 9.92. The molecule has 0 heterocycles. The molecular formula is C18H32O4. The zero-order valence-corrected chi connectivity index (χ0v) is 15.2. The summed E-state index contributed by atoms with van der Waals surface area (Å²) in [7, 11) is 0. The van der Waals surface area contributed by atoms with Gasteiger partial charge in [0.15, 0.2) is 0 Å². The number of hydrogen-bond donors (Lipinski definition) is 0. The molecule has 4 heteroatoms. The van der Waals surface area contributed by atoms with E-state index in [9.17, 15) is 9.59 Å². The Morgan fingerprint density at radius 1 is 1.14 bits per heavy atom. The minimum absolute atomic E-state index is 0.131. The van der Waals surface area contributed by atoms with Crippen LogP contribution in [0, 0.1) is 11.3 Å². The van der Waals surface area contributed by atoms with Crippen molar-refractivity contribution in [2.45, 2.75) is 91.8 Å². The van der Waals surface area contributed by atoms with Crippen molar-refractivity contribution in [2.24, 2.45) is 11.3 Å². The minimum Gasteiger partial charge on any atom is -0.460 e. The summed E-state index contributed by atoms with van der Waals surface area (Å²) in [6.07, 6.45) is 4.19. The summed E-state index contributed by atoms with van der Waals surface area (Å²) in [5.41, 5.74) is -1.30. The normalized spacial score (nSPS) is 26.4. The molecule has 0 bridgehead atoms. The van der Waals surface area contributed by atoms with E-state index < -0.39 is 11.0 Å². The van der Waals surface area contributed by atoms with Crippen LogP contribution in [0.2, 0.25) is 0 Å². The maximum absolute atomic E-state index is 12.3. The van der Waals surface area contributed by atoms with Gasteiger partial charge in [-0.05, 0) is 72.6 Å². The smallest absolute Gasteiger partial charge is 0.312 e. The SMILES string of the molecule is CCC(C)(C)C(=O)OC(C)(C)C1CCC(C)(OC(C)=O)CC1. The fraction of sp³-hybridized carbons (Fsp3) is 0.889. The Morgan fingerprint density at radius 2 is 1.64 bits per heavy atom. The highest BCUT2D eigenvalue weighted by Gasteiger charge is 2.43. The largest absolute Gasteiger partial charge is 0.460 e. The highest BCUT2D eigenvalue weighted by atomic mass is 16.6. The van der Waals surface area contributed by atoms with Gasteiger partial charge in [0.25, 0.3) is 0 Å². The molecule has 4 nitrogen and oxygen atoms in total. The third-order valence-corrected chi connectivity index (χ3v) is 5.21. The number of carbonyl (C=O) groups is 2. The molecule has 0 aromatic carbocycles. The van der Waals surface area contributed by atoms with Crippen molar-refractivity contribution in [3.05, 3.63) is 0 Å². The molecule has 0 saturated heterocycles. The van der Waals surface area contributed by atoms with Gasteiger partial charge in [-0.1, -0.05) is 6.92 Å². The van der Waals surface area contributed by atoms with E-state index >= 15 is 0 Å². The van der Waals surface area contributed by atoms with Gasteiger partial charge in [0.2, 0.25) is 0 Å². The third-order valence-electron chi connectivity index (χ3n) is 5.21. The highest BCUT2D eigenvalue weighted by Crippen LogP contribution is 2.41. The zero-order valence-electron chi connectivity index (χ0n) is 15.2. The molecule has 0 amide bonds. The molecule has 1 aliphatic rings. The maximum Gasteiger partial charge on any atom is 0.312 e. The van der Waals surface area contributed by atoms with Crippen LogP contribution in [0.25, 0.3) is 0 Å². The molecule has 1 saturated carbocycles. The number of hydrogen-bond acceptors (Lipinski definition) is 4. The summed E-state index contributed by atoms with van der Waals surface area (Å²) < 4.78 is 11.3. The zero-order chi connectivity index (χ0) is 17.2. The van der Waals surface area contributed by atoms with Gasteiger partial charge in [0.05, 0.1) is 5.41 Å². The Kier molecular flexibility index (Phi) is 5.69. The van der Waals surface area contributed by atoms with Crippen LogP contribution in [0.1, 0.15) is 80.6 Å². The van der Waals surface area contributed by atoms with E-state index in [2.05, 4.69) is 0 Å². The molecule has 0 unspecified atom stereocenters. The van der Waals surface area contributed by atoms with E-state index in [0.717, 1.165) is 32.1 Å². The Morgan fingerprint density at radius 3 is 2.05 bits per heavy atom. The van der Waals surface area contributed by atoms with Crippen LogP contribution >= 0.6 is 0 Å². The minimum atomic E-state index is -0.485. The Labute approximate surface area is 134 Å². The van der Waals surface area contributed by atoms with Gasteiger partial charge < -0.3 is 9.47 Å². The quantitative estimate of drug-likeness (QED) is 0.712. The highest BCUT2D eigenvalue weighted by molar-refractivity contribution is 5.76. The average molecular weight is 312 g/mol. The molecule has 1 rings (SSSR count). The van der Waals surface area contributed by atoms with Crippen molar-refractivity contribution in [3.8, 4) is 0 Å². The summed E-state index contributed by atoms with van der Waals surface area (Å²) in [5, 5.41) is 0. The van der Waals surface area contributed by atoms with Crippen LogP contribution in [-0.4, -0.2) is 23.1 Å². The second-order valence-electron chi connectivity index (χ2n) is 8.05. The van der Waals surface area contributed by atoms with E-state index in [1.165, 1.54) is 6.92 Å². The molecule has 1 fully saturated rings. The lowest BCUT2D eigenvalue weighted by Crippen LogP contribution is -2.45. The Bertz CT molecular complexity index is 415. The van der Waals surface area contributed by atoms with Crippen molar-refractivity contribution in [1.82, 2.24) is 0 Å². The van der Waals surface area contributed by atoms with Gasteiger partial charge in [0, 0.05) is 6.92 Å². The van der Waals surface area contributed by atoms with Crippen LogP contribution in [0.4, 0.5) is 0 Å². The van der Waals surface area contributed by atoms with E-state index in [0.29, 0.717) is 5.92 Å². The number of ether oxygens (including phenoxy) is 2. The van der Waals surface area contributed by atoms with Crippen LogP contribution in [0.15, 0.2) is 0 Å². The van der Waals surface area contributed by atoms with Gasteiger partial charge >= 0.3 is 11.9 Å². The molecule has 0 aromatic rings. The first-order valence-corrected chi connectivity index (χ1v) is 8.35. The Hall–Kier alpha value is -1.06. The lowest BCUT2D eigenvalue weighted by atomic mass is 9.73. The van der Waals surface area contributed by atoms with Crippen LogP contribution in [0.3, 0.4) is 0 Å². The molecule has 128 valence electrons. The molecule has 1 aliphatic carbocycles. The predicted octanol–water partition coefficient (Wildman–Crippen LogP) is 4.26. The molecular weight excluding hydrogens is 280 g/mol. The summed E-state index contributed by atoms with van der Waals surface area (Å²) in [6.45, 7) is 13.3. The predicted molar refractivity (Wildman–Crippen MR) is 86.4 cm³/mol. The molecule has 0 N–H and O–H groups in total. The first kappa shape index (κ1) is 19.0. The third kappa shape index (κ3) is 4.72. The van der Waals surface area contributed by atoms with Crippen molar-refractivity contribution in [2.75, 3.05) is 0 Å². The van der Waals surface area contributed by atoms with Crippen LogP contribution < -0.4 is 0 Å². The first-order valence-electron chi connectivity index (χ1n) is 8.35. The molecule has 0 atom stereocenters. The molecule has 0 aromatic heterocycles. The fourth-order valence-corrected chi connectivity index (χ4v) is 2.98.